The molecule has 5 heteroatoms. The van der Waals surface area contributed by atoms with Gasteiger partial charge in [0, 0.05) is 22.0 Å². The number of nitrogens with one attached hydrogen (secondary N) is 1. The van der Waals surface area contributed by atoms with Crippen molar-refractivity contribution in [1.29, 1.82) is 0 Å². The van der Waals surface area contributed by atoms with E-state index in [0.29, 0.717) is 6.42 Å². The van der Waals surface area contributed by atoms with Gasteiger partial charge in [0.15, 0.2) is 0 Å². The lowest BCUT2D eigenvalue weighted by Crippen LogP contribution is -2.14. The molecule has 0 saturated heterocycles. The number of carbonyl (C=O) groups is 1. The van der Waals surface area contributed by atoms with Gasteiger partial charge in [0.1, 0.15) is 0 Å². The quantitative estimate of drug-likeness (QED) is 0.578. The monoisotopic (exact) mass is 348 g/mol. The van der Waals surface area contributed by atoms with Crippen LogP contribution in [0.15, 0.2) is 35.2 Å². The Bertz CT molecular complexity index is 663. The number of aromatic nitrogens is 1. The van der Waals surface area contributed by atoms with E-state index in [1.807, 2.05) is 51.1 Å². The van der Waals surface area contributed by atoms with Gasteiger partial charge in [0.2, 0.25) is 5.91 Å². The average Bonchev–Trinajstić information content (AvgIpc) is 2.49. The molecule has 0 aliphatic carbocycles. The summed E-state index contributed by atoms with van der Waals surface area (Å²) in [6.45, 7) is 5.87. The number of hydrogen-bond acceptors (Lipinski definition) is 3. The van der Waals surface area contributed by atoms with Gasteiger partial charge in [0.05, 0.1) is 11.4 Å². The minimum absolute atomic E-state index is 0.0403. The Morgan fingerprint density at radius 1 is 1.22 bits per heavy atom. The van der Waals surface area contributed by atoms with E-state index in [1.165, 1.54) is 4.90 Å². The van der Waals surface area contributed by atoms with Gasteiger partial charge in [0.25, 0.3) is 0 Å². The fourth-order valence-corrected chi connectivity index (χ4v) is 3.35. The van der Waals surface area contributed by atoms with Gasteiger partial charge in [-0.25, -0.2) is 0 Å². The molecule has 1 amide bonds. The molecule has 0 aliphatic heterocycles. The van der Waals surface area contributed by atoms with Gasteiger partial charge in [-0.3, -0.25) is 9.78 Å². The van der Waals surface area contributed by atoms with Gasteiger partial charge in [-0.1, -0.05) is 11.6 Å². The molecule has 0 bridgehead atoms. The molecule has 0 unspecified atom stereocenters. The number of thioether (sulfide) groups is 1. The molecule has 0 spiro atoms. The Morgan fingerprint density at radius 2 is 1.91 bits per heavy atom. The molecule has 0 saturated carbocycles. The van der Waals surface area contributed by atoms with Crippen LogP contribution in [0.25, 0.3) is 0 Å². The summed E-state index contributed by atoms with van der Waals surface area (Å²) < 4.78 is 0. The number of rotatable bonds is 6. The first-order chi connectivity index (χ1) is 11.0. The molecule has 0 aliphatic rings. The van der Waals surface area contributed by atoms with E-state index in [1.54, 1.807) is 11.8 Å². The van der Waals surface area contributed by atoms with Crippen LogP contribution in [0.3, 0.4) is 0 Å². The second-order valence-electron chi connectivity index (χ2n) is 5.50. The van der Waals surface area contributed by atoms with E-state index in [-0.39, 0.29) is 5.91 Å². The number of pyridine rings is 1. The molecule has 0 fully saturated rings. The van der Waals surface area contributed by atoms with Crippen molar-refractivity contribution in [3.63, 3.8) is 0 Å². The SMILES string of the molecule is Cc1cc(C)c(NC(=O)CCCSc2ccc(Cl)cc2)c(C)n1. The lowest BCUT2D eigenvalue weighted by atomic mass is 10.1. The van der Waals surface area contributed by atoms with Crippen LogP contribution >= 0.6 is 23.4 Å². The predicted molar refractivity (Wildman–Crippen MR) is 98.5 cm³/mol. The Kier molecular flexibility index (Phi) is 6.48. The van der Waals surface area contributed by atoms with E-state index in [0.717, 1.165) is 39.8 Å². The summed E-state index contributed by atoms with van der Waals surface area (Å²) in [4.78, 5) is 17.7. The summed E-state index contributed by atoms with van der Waals surface area (Å²) in [6.07, 6.45) is 1.34. The minimum Gasteiger partial charge on any atom is -0.324 e. The van der Waals surface area contributed by atoms with Crippen molar-refractivity contribution in [2.24, 2.45) is 0 Å². The molecule has 0 atom stereocenters. The minimum atomic E-state index is 0.0403. The molecule has 2 aromatic rings. The van der Waals surface area contributed by atoms with E-state index >= 15 is 0 Å². The van der Waals surface area contributed by atoms with E-state index in [9.17, 15) is 4.79 Å². The molecule has 23 heavy (non-hydrogen) atoms. The number of halogens is 1. The lowest BCUT2D eigenvalue weighted by Gasteiger charge is -2.12. The van der Waals surface area contributed by atoms with Gasteiger partial charge in [-0.2, -0.15) is 0 Å². The van der Waals surface area contributed by atoms with Crippen LogP contribution in [0.4, 0.5) is 5.69 Å². The van der Waals surface area contributed by atoms with Crippen LogP contribution in [0.1, 0.15) is 29.8 Å². The molecule has 1 N–H and O–H groups in total. The number of aryl methyl sites for hydroxylation is 3. The standard InChI is InChI=1S/C18H21ClN2OS/c1-12-11-13(2)20-14(3)18(12)21-17(22)5-4-10-23-16-8-6-15(19)7-9-16/h6-9,11H,4-5,10H2,1-3H3,(H,21,22). The van der Waals surface area contributed by atoms with E-state index in [2.05, 4.69) is 10.3 Å². The molecule has 0 radical (unpaired) electrons. The molecule has 122 valence electrons. The maximum Gasteiger partial charge on any atom is 0.224 e. The first kappa shape index (κ1) is 17.8. The topological polar surface area (TPSA) is 42.0 Å². The third-order valence-corrected chi connectivity index (χ3v) is 4.77. The number of nitrogens with zero attached hydrogens (tertiary/aromatic N) is 1. The second-order valence-corrected chi connectivity index (χ2v) is 7.10. The van der Waals surface area contributed by atoms with Gasteiger partial charge in [-0.15, -0.1) is 11.8 Å². The summed E-state index contributed by atoms with van der Waals surface area (Å²) in [5, 5.41) is 3.73. The molecule has 2 rings (SSSR count). The fourth-order valence-electron chi connectivity index (χ4n) is 2.37. The molecular formula is C18H21ClN2OS. The molecule has 1 aromatic heterocycles. The van der Waals surface area contributed by atoms with Crippen LogP contribution in [-0.4, -0.2) is 16.6 Å². The largest absolute Gasteiger partial charge is 0.324 e. The second kappa shape index (κ2) is 8.37. The highest BCUT2D eigenvalue weighted by atomic mass is 35.5. The van der Waals surface area contributed by atoms with Crippen molar-refractivity contribution in [3.8, 4) is 0 Å². The van der Waals surface area contributed by atoms with Crippen molar-refractivity contribution in [2.45, 2.75) is 38.5 Å². The molecule has 1 heterocycles. The highest BCUT2D eigenvalue weighted by Crippen LogP contribution is 2.22. The third-order valence-electron chi connectivity index (χ3n) is 3.42. The first-order valence-electron chi connectivity index (χ1n) is 7.59. The van der Waals surface area contributed by atoms with Crippen LogP contribution in [0.2, 0.25) is 5.02 Å². The number of benzene rings is 1. The van der Waals surface area contributed by atoms with Crippen LogP contribution in [0, 0.1) is 20.8 Å². The zero-order valence-corrected chi connectivity index (χ0v) is 15.2. The summed E-state index contributed by atoms with van der Waals surface area (Å²) in [7, 11) is 0. The number of carbonyl (C=O) groups excluding carboxylic acids is 1. The van der Waals surface area contributed by atoms with Gasteiger partial charge < -0.3 is 5.32 Å². The van der Waals surface area contributed by atoms with Gasteiger partial charge >= 0.3 is 0 Å². The zero-order valence-electron chi connectivity index (χ0n) is 13.6. The van der Waals surface area contributed by atoms with Crippen molar-refractivity contribution in [2.75, 3.05) is 11.1 Å². The Hall–Kier alpha value is -1.52. The van der Waals surface area contributed by atoms with Crippen molar-refractivity contribution >= 4 is 35.0 Å². The lowest BCUT2D eigenvalue weighted by molar-refractivity contribution is -0.116. The number of amides is 1. The smallest absolute Gasteiger partial charge is 0.224 e. The van der Waals surface area contributed by atoms with Crippen molar-refractivity contribution in [3.05, 3.63) is 52.3 Å². The fraction of sp³-hybridized carbons (Fsp3) is 0.333. The zero-order chi connectivity index (χ0) is 16.8. The van der Waals surface area contributed by atoms with E-state index in [4.69, 9.17) is 11.6 Å². The molecule has 3 nitrogen and oxygen atoms in total. The predicted octanol–water partition coefficient (Wildman–Crippen LogP) is 5.17. The van der Waals surface area contributed by atoms with Crippen molar-refractivity contribution in [1.82, 2.24) is 4.98 Å². The third kappa shape index (κ3) is 5.56. The summed E-state index contributed by atoms with van der Waals surface area (Å²) in [6, 6.07) is 9.74. The van der Waals surface area contributed by atoms with Crippen LogP contribution in [-0.2, 0) is 4.79 Å². The molecular weight excluding hydrogens is 328 g/mol. The summed E-state index contributed by atoms with van der Waals surface area (Å²) in [5.74, 6) is 0.942. The van der Waals surface area contributed by atoms with Gasteiger partial charge in [-0.05, 0) is 68.8 Å². The normalized spacial score (nSPS) is 10.6. The van der Waals surface area contributed by atoms with E-state index < -0.39 is 0 Å². The highest BCUT2D eigenvalue weighted by Gasteiger charge is 2.09. The summed E-state index contributed by atoms with van der Waals surface area (Å²) >= 11 is 7.59. The summed E-state index contributed by atoms with van der Waals surface area (Å²) in [5.41, 5.74) is 3.73. The first-order valence-corrected chi connectivity index (χ1v) is 8.95. The van der Waals surface area contributed by atoms with Crippen LogP contribution < -0.4 is 5.32 Å². The number of anilines is 1. The molecule has 1 aromatic carbocycles. The van der Waals surface area contributed by atoms with Crippen LogP contribution in [0.5, 0.6) is 0 Å². The average molecular weight is 349 g/mol. The van der Waals surface area contributed by atoms with Crippen molar-refractivity contribution < 1.29 is 4.79 Å². The Labute approximate surface area is 146 Å². The number of hydrogen-bond donors (Lipinski definition) is 1. The maximum absolute atomic E-state index is 12.1. The Balaban J connectivity index is 1.78. The highest BCUT2D eigenvalue weighted by molar-refractivity contribution is 7.99. The Morgan fingerprint density at radius 3 is 2.57 bits per heavy atom. The maximum atomic E-state index is 12.1.